The van der Waals surface area contributed by atoms with Crippen molar-refractivity contribution in [3.05, 3.63) is 34.5 Å². The van der Waals surface area contributed by atoms with Gasteiger partial charge in [0.15, 0.2) is 5.79 Å². The first-order valence-electron chi connectivity index (χ1n) is 7.84. The lowest BCUT2D eigenvalue weighted by Gasteiger charge is -2.37. The molecule has 4 nitrogen and oxygen atoms in total. The Labute approximate surface area is 137 Å². The first-order chi connectivity index (χ1) is 11.1. The third kappa shape index (κ3) is 2.45. The highest BCUT2D eigenvalue weighted by molar-refractivity contribution is 7.21. The Hall–Kier alpha value is -1.50. The molecule has 0 radical (unpaired) electrons. The maximum atomic E-state index is 14.0. The van der Waals surface area contributed by atoms with E-state index in [-0.39, 0.29) is 11.7 Å². The summed E-state index contributed by atoms with van der Waals surface area (Å²) in [7, 11) is 0. The van der Waals surface area contributed by atoms with Crippen molar-refractivity contribution in [3.8, 4) is 0 Å². The SMILES string of the molecule is Cc1c(C(=O)N2CCC3(CC2)OCCO3)sc2cccc(F)c12. The van der Waals surface area contributed by atoms with Crippen molar-refractivity contribution in [3.63, 3.8) is 0 Å². The molecule has 2 aliphatic rings. The van der Waals surface area contributed by atoms with Crippen LogP contribution in [0.4, 0.5) is 4.39 Å². The molecule has 1 amide bonds. The number of hydrogen-bond donors (Lipinski definition) is 0. The van der Waals surface area contributed by atoms with Gasteiger partial charge in [0.1, 0.15) is 5.82 Å². The molecule has 0 atom stereocenters. The van der Waals surface area contributed by atoms with E-state index in [9.17, 15) is 9.18 Å². The van der Waals surface area contributed by atoms with Crippen LogP contribution < -0.4 is 0 Å². The predicted molar refractivity (Wildman–Crippen MR) is 86.3 cm³/mol. The van der Waals surface area contributed by atoms with Crippen molar-refractivity contribution in [2.24, 2.45) is 0 Å². The van der Waals surface area contributed by atoms with Crippen molar-refractivity contribution in [1.82, 2.24) is 4.90 Å². The molecule has 2 fully saturated rings. The van der Waals surface area contributed by atoms with E-state index in [2.05, 4.69) is 0 Å². The van der Waals surface area contributed by atoms with Gasteiger partial charge in [-0.15, -0.1) is 11.3 Å². The standard InChI is InChI=1S/C17H18FNO3S/c1-11-14-12(18)3-2-4-13(14)23-15(11)16(20)19-7-5-17(6-8-19)21-9-10-22-17/h2-4H,5-10H2,1H3. The average molecular weight is 335 g/mol. The van der Waals surface area contributed by atoms with Crippen LogP contribution >= 0.6 is 11.3 Å². The fraction of sp³-hybridized carbons (Fsp3) is 0.471. The number of rotatable bonds is 1. The summed E-state index contributed by atoms with van der Waals surface area (Å²) < 4.78 is 26.2. The van der Waals surface area contributed by atoms with Gasteiger partial charge in [-0.2, -0.15) is 0 Å². The molecule has 3 heterocycles. The third-order valence-corrected chi connectivity index (χ3v) is 5.97. The van der Waals surface area contributed by atoms with Gasteiger partial charge in [0.25, 0.3) is 5.91 Å². The second kappa shape index (κ2) is 5.54. The van der Waals surface area contributed by atoms with Gasteiger partial charge >= 0.3 is 0 Å². The molecule has 122 valence electrons. The molecule has 23 heavy (non-hydrogen) atoms. The van der Waals surface area contributed by atoms with E-state index in [0.717, 1.165) is 10.3 Å². The highest BCUT2D eigenvalue weighted by atomic mass is 32.1. The number of nitrogens with zero attached hydrogens (tertiary/aromatic N) is 1. The Morgan fingerprint density at radius 1 is 1.26 bits per heavy atom. The van der Waals surface area contributed by atoms with E-state index in [4.69, 9.17) is 9.47 Å². The number of carbonyl (C=O) groups excluding carboxylic acids is 1. The van der Waals surface area contributed by atoms with Gasteiger partial charge in [-0.1, -0.05) is 6.07 Å². The number of ether oxygens (including phenoxy) is 2. The second-order valence-electron chi connectivity index (χ2n) is 6.07. The van der Waals surface area contributed by atoms with Gasteiger partial charge in [0, 0.05) is 36.0 Å². The molecule has 2 aliphatic heterocycles. The Balaban J connectivity index is 1.58. The van der Waals surface area contributed by atoms with Crippen LogP contribution in [-0.4, -0.2) is 42.9 Å². The highest BCUT2D eigenvalue weighted by Crippen LogP contribution is 2.36. The minimum Gasteiger partial charge on any atom is -0.347 e. The topological polar surface area (TPSA) is 38.8 Å². The number of amides is 1. The third-order valence-electron chi connectivity index (χ3n) is 4.72. The molecule has 4 rings (SSSR count). The molecule has 0 unspecified atom stereocenters. The first-order valence-corrected chi connectivity index (χ1v) is 8.66. The van der Waals surface area contributed by atoms with Crippen LogP contribution in [-0.2, 0) is 9.47 Å². The Kier molecular flexibility index (Phi) is 3.63. The van der Waals surface area contributed by atoms with Gasteiger partial charge in [0.05, 0.1) is 18.1 Å². The van der Waals surface area contributed by atoms with E-state index in [1.807, 2.05) is 17.9 Å². The molecule has 2 aromatic rings. The normalized spacial score (nSPS) is 20.5. The summed E-state index contributed by atoms with van der Waals surface area (Å²) in [6.45, 7) is 4.29. The maximum absolute atomic E-state index is 14.0. The predicted octanol–water partition coefficient (Wildman–Crippen LogP) is 3.33. The molecule has 1 spiro atoms. The molecule has 1 aromatic heterocycles. The van der Waals surface area contributed by atoms with E-state index in [1.165, 1.54) is 17.4 Å². The van der Waals surface area contributed by atoms with Crippen molar-refractivity contribution in [2.45, 2.75) is 25.6 Å². The number of hydrogen-bond acceptors (Lipinski definition) is 4. The monoisotopic (exact) mass is 335 g/mol. The lowest BCUT2D eigenvalue weighted by atomic mass is 10.0. The number of benzene rings is 1. The van der Waals surface area contributed by atoms with Crippen LogP contribution in [0.2, 0.25) is 0 Å². The average Bonchev–Trinajstić information content (AvgIpc) is 3.14. The summed E-state index contributed by atoms with van der Waals surface area (Å²) in [5.41, 5.74) is 0.738. The molecule has 0 aliphatic carbocycles. The molecule has 1 aromatic carbocycles. The Morgan fingerprint density at radius 2 is 1.96 bits per heavy atom. The largest absolute Gasteiger partial charge is 0.347 e. The molecule has 6 heteroatoms. The van der Waals surface area contributed by atoms with Crippen LogP contribution in [0.25, 0.3) is 10.1 Å². The summed E-state index contributed by atoms with van der Waals surface area (Å²) in [6, 6.07) is 4.98. The molecule has 0 N–H and O–H groups in total. The number of carbonyl (C=O) groups is 1. The van der Waals surface area contributed by atoms with E-state index >= 15 is 0 Å². The van der Waals surface area contributed by atoms with E-state index in [0.29, 0.717) is 49.4 Å². The Bertz CT molecular complexity index is 757. The molecule has 0 bridgehead atoms. The molecule has 2 saturated heterocycles. The minimum absolute atomic E-state index is 0.0176. The number of likely N-dealkylation sites (tertiary alicyclic amines) is 1. The quantitative estimate of drug-likeness (QED) is 0.802. The number of thiophene rings is 1. The molecular weight excluding hydrogens is 317 g/mol. The Morgan fingerprint density at radius 3 is 2.61 bits per heavy atom. The summed E-state index contributed by atoms with van der Waals surface area (Å²) in [6.07, 6.45) is 1.38. The van der Waals surface area contributed by atoms with Gasteiger partial charge < -0.3 is 14.4 Å². The van der Waals surface area contributed by atoms with Crippen molar-refractivity contribution >= 4 is 27.3 Å². The fourth-order valence-corrected chi connectivity index (χ4v) is 4.63. The van der Waals surface area contributed by atoms with Crippen LogP contribution in [0.3, 0.4) is 0 Å². The van der Waals surface area contributed by atoms with Gasteiger partial charge in [-0.3, -0.25) is 4.79 Å². The van der Waals surface area contributed by atoms with Gasteiger partial charge in [-0.05, 0) is 24.6 Å². The van der Waals surface area contributed by atoms with E-state index in [1.54, 1.807) is 6.07 Å². The summed E-state index contributed by atoms with van der Waals surface area (Å²) in [5.74, 6) is -0.769. The molecular formula is C17H18FNO3S. The minimum atomic E-state index is -0.488. The lowest BCUT2D eigenvalue weighted by molar-refractivity contribution is -0.181. The first kappa shape index (κ1) is 15.1. The van der Waals surface area contributed by atoms with Crippen LogP contribution in [0.15, 0.2) is 18.2 Å². The maximum Gasteiger partial charge on any atom is 0.264 e. The van der Waals surface area contributed by atoms with E-state index < -0.39 is 5.79 Å². The van der Waals surface area contributed by atoms with Crippen LogP contribution in [0.1, 0.15) is 28.1 Å². The fourth-order valence-electron chi connectivity index (χ4n) is 3.44. The highest BCUT2D eigenvalue weighted by Gasteiger charge is 2.41. The van der Waals surface area contributed by atoms with Crippen molar-refractivity contribution < 1.29 is 18.7 Å². The summed E-state index contributed by atoms with van der Waals surface area (Å²) in [4.78, 5) is 15.3. The zero-order chi connectivity index (χ0) is 16.0. The van der Waals surface area contributed by atoms with Crippen LogP contribution in [0.5, 0.6) is 0 Å². The number of halogens is 1. The lowest BCUT2D eigenvalue weighted by Crippen LogP contribution is -2.47. The number of piperidine rings is 1. The zero-order valence-corrected chi connectivity index (χ0v) is 13.7. The van der Waals surface area contributed by atoms with Gasteiger partial charge in [0.2, 0.25) is 0 Å². The summed E-state index contributed by atoms with van der Waals surface area (Å²) in [5, 5.41) is 0.566. The van der Waals surface area contributed by atoms with Crippen LogP contribution in [0, 0.1) is 12.7 Å². The van der Waals surface area contributed by atoms with Crippen molar-refractivity contribution in [1.29, 1.82) is 0 Å². The second-order valence-corrected chi connectivity index (χ2v) is 7.12. The van der Waals surface area contributed by atoms with Gasteiger partial charge in [-0.25, -0.2) is 4.39 Å². The zero-order valence-electron chi connectivity index (χ0n) is 12.9. The smallest absolute Gasteiger partial charge is 0.264 e. The number of aryl methyl sites for hydroxylation is 1. The molecule has 0 saturated carbocycles. The summed E-state index contributed by atoms with van der Waals surface area (Å²) >= 11 is 1.37. The number of fused-ring (bicyclic) bond motifs is 1. The van der Waals surface area contributed by atoms with Crippen molar-refractivity contribution in [2.75, 3.05) is 26.3 Å².